The van der Waals surface area contributed by atoms with Crippen LogP contribution in [0, 0.1) is 0 Å². The number of hydrogen-bond acceptors (Lipinski definition) is 5. The second-order valence-electron chi connectivity index (χ2n) is 9.89. The maximum atomic E-state index is 9.73. The fourth-order valence-corrected chi connectivity index (χ4v) is 5.06. The molecule has 1 aliphatic rings. The van der Waals surface area contributed by atoms with Crippen LogP contribution in [0.4, 0.5) is 0 Å². The molecule has 1 heterocycles. The number of likely N-dealkylation sites (tertiary alicyclic amines) is 1. The summed E-state index contributed by atoms with van der Waals surface area (Å²) >= 11 is 0. The van der Waals surface area contributed by atoms with Gasteiger partial charge in [0, 0.05) is 12.6 Å². The average molecular weight is 631 g/mol. The van der Waals surface area contributed by atoms with E-state index < -0.39 is 0 Å². The molecular weight excluding hydrogens is 584 g/mol. The summed E-state index contributed by atoms with van der Waals surface area (Å²) in [5.41, 5.74) is 2.40. The highest BCUT2D eigenvalue weighted by molar-refractivity contribution is 8.93. The summed E-state index contributed by atoms with van der Waals surface area (Å²) in [7, 11) is 0. The Hall–Kier alpha value is -1.28. The Morgan fingerprint density at radius 3 is 2.22 bits per heavy atom. The van der Waals surface area contributed by atoms with Crippen LogP contribution in [-0.4, -0.2) is 63.9 Å². The monoisotopic (exact) mass is 628 g/mol. The van der Waals surface area contributed by atoms with Crippen LogP contribution in [0.5, 0.6) is 17.2 Å². The van der Waals surface area contributed by atoms with Crippen LogP contribution in [0.15, 0.2) is 42.5 Å². The smallest absolute Gasteiger partial charge is 0.157 e. The van der Waals surface area contributed by atoms with Gasteiger partial charge < -0.3 is 25.1 Å². The molecule has 204 valence electrons. The SMILES string of the molecule is Br.Br.CCCCN(CCCCCCN1CCC[C@@H]1Cc1ccc(O)cc1)CCc1ccc(O)c(O)c1. The summed E-state index contributed by atoms with van der Waals surface area (Å²) in [6.45, 7) is 7.93. The van der Waals surface area contributed by atoms with E-state index in [0.717, 1.165) is 38.0 Å². The molecule has 0 unspecified atom stereocenters. The number of unbranched alkanes of at least 4 members (excludes halogenated alkanes) is 4. The maximum Gasteiger partial charge on any atom is 0.157 e. The lowest BCUT2D eigenvalue weighted by Crippen LogP contribution is -2.32. The van der Waals surface area contributed by atoms with Crippen molar-refractivity contribution in [3.05, 3.63) is 53.6 Å². The fraction of sp³-hybridized carbons (Fsp3) is 0.586. The van der Waals surface area contributed by atoms with Gasteiger partial charge in [0.25, 0.3) is 0 Å². The average Bonchev–Trinajstić information content (AvgIpc) is 3.27. The van der Waals surface area contributed by atoms with Crippen LogP contribution >= 0.6 is 34.0 Å². The third kappa shape index (κ3) is 11.4. The van der Waals surface area contributed by atoms with Gasteiger partial charge in [-0.25, -0.2) is 0 Å². The predicted octanol–water partition coefficient (Wildman–Crippen LogP) is 6.87. The Labute approximate surface area is 239 Å². The standard InChI is InChI=1S/C29H44N2O3.2BrH/c1-2-3-17-30(21-16-25-12-15-28(33)29(34)23-25)18-6-4-5-7-19-31-20-8-9-26(31)22-24-10-13-27(32)14-11-24;;/h10-15,23,26,32-34H,2-9,16-22H2,1H3;2*1H/t26-;;/m1../s1. The highest BCUT2D eigenvalue weighted by Crippen LogP contribution is 2.25. The topological polar surface area (TPSA) is 67.2 Å². The zero-order valence-corrected chi connectivity index (χ0v) is 25.2. The minimum Gasteiger partial charge on any atom is -0.508 e. The molecule has 7 heteroatoms. The number of benzene rings is 2. The first kappa shape index (κ1) is 32.7. The van der Waals surface area contributed by atoms with Gasteiger partial charge in [-0.1, -0.05) is 44.4 Å². The van der Waals surface area contributed by atoms with Crippen LogP contribution in [-0.2, 0) is 12.8 Å². The van der Waals surface area contributed by atoms with E-state index >= 15 is 0 Å². The van der Waals surface area contributed by atoms with Crippen molar-refractivity contribution < 1.29 is 15.3 Å². The van der Waals surface area contributed by atoms with Gasteiger partial charge in [0.1, 0.15) is 5.75 Å². The van der Waals surface area contributed by atoms with E-state index in [1.54, 1.807) is 24.3 Å². The van der Waals surface area contributed by atoms with Crippen molar-refractivity contribution in [2.45, 2.75) is 77.2 Å². The summed E-state index contributed by atoms with van der Waals surface area (Å²) in [5, 5.41) is 28.7. The van der Waals surface area contributed by atoms with Crippen LogP contribution < -0.4 is 0 Å². The Morgan fingerprint density at radius 2 is 1.50 bits per heavy atom. The van der Waals surface area contributed by atoms with Crippen LogP contribution in [0.25, 0.3) is 0 Å². The number of hydrogen-bond donors (Lipinski definition) is 3. The fourth-order valence-electron chi connectivity index (χ4n) is 5.06. The molecule has 5 nitrogen and oxygen atoms in total. The van der Waals surface area contributed by atoms with Crippen molar-refractivity contribution >= 4 is 34.0 Å². The Kier molecular flexibility index (Phi) is 16.4. The zero-order chi connectivity index (χ0) is 24.2. The van der Waals surface area contributed by atoms with E-state index in [2.05, 4.69) is 28.9 Å². The molecule has 0 radical (unpaired) electrons. The zero-order valence-electron chi connectivity index (χ0n) is 21.8. The first-order valence-electron chi connectivity index (χ1n) is 13.3. The maximum absolute atomic E-state index is 9.73. The molecule has 2 aromatic rings. The van der Waals surface area contributed by atoms with Crippen molar-refractivity contribution in [1.82, 2.24) is 9.80 Å². The van der Waals surface area contributed by atoms with E-state index in [0.29, 0.717) is 11.8 Å². The van der Waals surface area contributed by atoms with Crippen molar-refractivity contribution in [1.29, 1.82) is 0 Å². The number of rotatable bonds is 15. The van der Waals surface area contributed by atoms with E-state index in [4.69, 9.17) is 0 Å². The normalized spacial score (nSPS) is 15.6. The molecule has 36 heavy (non-hydrogen) atoms. The van der Waals surface area contributed by atoms with Gasteiger partial charge in [0.15, 0.2) is 11.5 Å². The summed E-state index contributed by atoms with van der Waals surface area (Å²) in [6.07, 6.45) is 12.1. The van der Waals surface area contributed by atoms with Gasteiger partial charge in [0.05, 0.1) is 0 Å². The van der Waals surface area contributed by atoms with Gasteiger partial charge in [0.2, 0.25) is 0 Å². The molecule has 1 aliphatic heterocycles. The molecular formula is C29H46Br2N2O3. The van der Waals surface area contributed by atoms with Crippen LogP contribution in [0.3, 0.4) is 0 Å². The molecule has 3 rings (SSSR count). The summed E-state index contributed by atoms with van der Waals surface area (Å²) in [4.78, 5) is 5.23. The number of nitrogens with zero attached hydrogens (tertiary/aromatic N) is 2. The van der Waals surface area contributed by atoms with Crippen molar-refractivity contribution in [2.75, 3.05) is 32.7 Å². The van der Waals surface area contributed by atoms with Gasteiger partial charge in [-0.15, -0.1) is 34.0 Å². The molecule has 0 amide bonds. The molecule has 2 aromatic carbocycles. The molecule has 1 atom stereocenters. The molecule has 1 fully saturated rings. The molecule has 0 saturated carbocycles. The van der Waals surface area contributed by atoms with Crippen molar-refractivity contribution in [2.24, 2.45) is 0 Å². The molecule has 0 spiro atoms. The van der Waals surface area contributed by atoms with Gasteiger partial charge in [-0.2, -0.15) is 0 Å². The first-order chi connectivity index (χ1) is 16.5. The molecule has 0 bridgehead atoms. The summed E-state index contributed by atoms with van der Waals surface area (Å²) in [5.74, 6) is 0.271. The van der Waals surface area contributed by atoms with Gasteiger partial charge in [-0.3, -0.25) is 0 Å². The third-order valence-electron chi connectivity index (χ3n) is 7.16. The molecule has 1 saturated heterocycles. The van der Waals surface area contributed by atoms with Gasteiger partial charge >= 0.3 is 0 Å². The summed E-state index contributed by atoms with van der Waals surface area (Å²) in [6, 6.07) is 13.5. The Morgan fingerprint density at radius 1 is 0.806 bits per heavy atom. The number of halogens is 2. The Bertz CT molecular complexity index is 851. The molecule has 0 aliphatic carbocycles. The quantitative estimate of drug-likeness (QED) is 0.148. The number of phenolic OH excluding ortho intramolecular Hbond substituents is 3. The second-order valence-corrected chi connectivity index (χ2v) is 9.89. The highest BCUT2D eigenvalue weighted by Gasteiger charge is 2.23. The summed E-state index contributed by atoms with van der Waals surface area (Å²) < 4.78 is 0. The lowest BCUT2D eigenvalue weighted by atomic mass is 10.0. The van der Waals surface area contributed by atoms with Crippen molar-refractivity contribution in [3.63, 3.8) is 0 Å². The Balaban J connectivity index is 0.00000324. The first-order valence-corrected chi connectivity index (χ1v) is 13.3. The minimum absolute atomic E-state index is 0. The minimum atomic E-state index is -0.0489. The van der Waals surface area contributed by atoms with Crippen molar-refractivity contribution in [3.8, 4) is 17.2 Å². The lowest BCUT2D eigenvalue weighted by Gasteiger charge is -2.25. The molecule has 3 N–H and O–H groups in total. The predicted molar refractivity (Wildman–Crippen MR) is 160 cm³/mol. The van der Waals surface area contributed by atoms with E-state index in [-0.39, 0.29) is 45.5 Å². The molecule has 0 aromatic heterocycles. The van der Waals surface area contributed by atoms with E-state index in [9.17, 15) is 15.3 Å². The number of aromatic hydroxyl groups is 3. The highest BCUT2D eigenvalue weighted by atomic mass is 79.9. The number of phenols is 3. The van der Waals surface area contributed by atoms with E-state index in [1.165, 1.54) is 70.0 Å². The largest absolute Gasteiger partial charge is 0.508 e. The van der Waals surface area contributed by atoms with Crippen LogP contribution in [0.2, 0.25) is 0 Å². The lowest BCUT2D eigenvalue weighted by molar-refractivity contribution is 0.242. The van der Waals surface area contributed by atoms with Gasteiger partial charge in [-0.05, 0) is 107 Å². The van der Waals surface area contributed by atoms with E-state index in [1.807, 2.05) is 6.07 Å². The second kappa shape index (κ2) is 18.1. The van der Waals surface area contributed by atoms with Crippen LogP contribution in [0.1, 0.15) is 69.4 Å². The third-order valence-corrected chi connectivity index (χ3v) is 7.16.